The Morgan fingerprint density at radius 1 is 1.35 bits per heavy atom. The molecular weight excluding hydrogens is 357 g/mol. The number of alkyl halides is 3. The fraction of sp³-hybridized carbons (Fsp3) is 0.500. The fourth-order valence-corrected chi connectivity index (χ4v) is 2.59. The number of carboxylic acids is 1. The van der Waals surface area contributed by atoms with E-state index in [0.717, 1.165) is 0 Å². The number of hydrogen-bond acceptors (Lipinski definition) is 4. The number of carboxylic acid groups (broad SMARTS) is 1. The van der Waals surface area contributed by atoms with E-state index >= 15 is 0 Å². The number of ether oxygens (including phenoxy) is 2. The highest BCUT2D eigenvalue weighted by Gasteiger charge is 2.30. The molecule has 2 rings (SSSR count). The average molecular weight is 376 g/mol. The molecule has 0 aliphatic carbocycles. The van der Waals surface area contributed by atoms with Gasteiger partial charge in [0.25, 0.3) is 0 Å². The standard InChI is InChI=1S/C16H19F3N2O5/c1-25-12-5-4-11(7-13(12)26-9-16(17,18)19)20-15(24)21-6-2-3-10(8-21)14(22)23/h4-5,7,10H,2-3,6,8-9H2,1H3,(H,20,24)(H,22,23). The molecule has 1 aliphatic rings. The maximum atomic E-state index is 12.3. The van der Waals surface area contributed by atoms with Crippen molar-refractivity contribution in [2.24, 2.45) is 5.92 Å². The van der Waals surface area contributed by atoms with Gasteiger partial charge < -0.3 is 24.8 Å². The summed E-state index contributed by atoms with van der Waals surface area (Å²) in [6.07, 6.45) is -3.45. The van der Waals surface area contributed by atoms with Crippen LogP contribution in [0.15, 0.2) is 18.2 Å². The predicted molar refractivity (Wildman–Crippen MR) is 85.5 cm³/mol. The smallest absolute Gasteiger partial charge is 0.422 e. The van der Waals surface area contributed by atoms with Crippen LogP contribution in [0, 0.1) is 5.92 Å². The van der Waals surface area contributed by atoms with E-state index in [9.17, 15) is 22.8 Å². The van der Waals surface area contributed by atoms with Crippen molar-refractivity contribution in [3.63, 3.8) is 0 Å². The van der Waals surface area contributed by atoms with Crippen LogP contribution in [0.4, 0.5) is 23.7 Å². The number of aliphatic carboxylic acids is 1. The Labute approximate surface area is 147 Å². The molecule has 1 saturated heterocycles. The van der Waals surface area contributed by atoms with Crippen LogP contribution in [-0.4, -0.2) is 55.0 Å². The van der Waals surface area contributed by atoms with Crippen molar-refractivity contribution in [1.29, 1.82) is 0 Å². The second-order valence-corrected chi connectivity index (χ2v) is 5.82. The first kappa shape index (κ1) is 19.7. The largest absolute Gasteiger partial charge is 0.493 e. The summed E-state index contributed by atoms with van der Waals surface area (Å²) in [5.41, 5.74) is 0.213. The van der Waals surface area contributed by atoms with Crippen LogP contribution in [0.3, 0.4) is 0 Å². The molecule has 7 nitrogen and oxygen atoms in total. The van der Waals surface area contributed by atoms with E-state index in [2.05, 4.69) is 5.32 Å². The molecule has 0 saturated carbocycles. The van der Waals surface area contributed by atoms with Crippen molar-refractivity contribution in [2.75, 3.05) is 32.1 Å². The minimum absolute atomic E-state index is 0.0781. The molecule has 1 aromatic carbocycles. The molecule has 2 amide bonds. The molecule has 1 fully saturated rings. The lowest BCUT2D eigenvalue weighted by atomic mass is 9.99. The maximum Gasteiger partial charge on any atom is 0.422 e. The highest BCUT2D eigenvalue weighted by Crippen LogP contribution is 2.32. The topological polar surface area (TPSA) is 88.1 Å². The number of anilines is 1. The van der Waals surface area contributed by atoms with E-state index in [-0.39, 0.29) is 23.7 Å². The molecule has 0 spiro atoms. The van der Waals surface area contributed by atoms with E-state index in [1.165, 1.54) is 30.2 Å². The lowest BCUT2D eigenvalue weighted by molar-refractivity contribution is -0.153. The zero-order chi connectivity index (χ0) is 19.3. The van der Waals surface area contributed by atoms with E-state index in [1.54, 1.807) is 0 Å². The van der Waals surface area contributed by atoms with Gasteiger partial charge in [-0.2, -0.15) is 13.2 Å². The number of likely N-dealkylation sites (tertiary alicyclic amines) is 1. The number of carbonyl (C=O) groups is 2. The van der Waals surface area contributed by atoms with Crippen molar-refractivity contribution in [1.82, 2.24) is 4.90 Å². The molecule has 1 heterocycles. The lowest BCUT2D eigenvalue weighted by Gasteiger charge is -2.30. The summed E-state index contributed by atoms with van der Waals surface area (Å²) >= 11 is 0. The number of benzene rings is 1. The zero-order valence-electron chi connectivity index (χ0n) is 14.0. The highest BCUT2D eigenvalue weighted by molar-refractivity contribution is 5.90. The van der Waals surface area contributed by atoms with Crippen LogP contribution < -0.4 is 14.8 Å². The van der Waals surface area contributed by atoms with Gasteiger partial charge in [0.2, 0.25) is 0 Å². The Hall–Kier alpha value is -2.65. The number of methoxy groups -OCH3 is 1. The van der Waals surface area contributed by atoms with Crippen LogP contribution in [-0.2, 0) is 4.79 Å². The van der Waals surface area contributed by atoms with Crippen molar-refractivity contribution in [3.05, 3.63) is 18.2 Å². The van der Waals surface area contributed by atoms with Crippen LogP contribution >= 0.6 is 0 Å². The van der Waals surface area contributed by atoms with E-state index in [1.807, 2.05) is 0 Å². The maximum absolute atomic E-state index is 12.3. The molecule has 0 bridgehead atoms. The molecule has 1 aliphatic heterocycles. The number of carbonyl (C=O) groups excluding carboxylic acids is 1. The van der Waals surface area contributed by atoms with Gasteiger partial charge in [-0.3, -0.25) is 4.79 Å². The van der Waals surface area contributed by atoms with E-state index in [0.29, 0.717) is 19.4 Å². The van der Waals surface area contributed by atoms with Gasteiger partial charge in [0.1, 0.15) is 0 Å². The van der Waals surface area contributed by atoms with Gasteiger partial charge in [-0.25, -0.2) is 4.79 Å². The molecule has 1 atom stereocenters. The lowest BCUT2D eigenvalue weighted by Crippen LogP contribution is -2.44. The van der Waals surface area contributed by atoms with E-state index in [4.69, 9.17) is 14.6 Å². The highest BCUT2D eigenvalue weighted by atomic mass is 19.4. The molecular formula is C16H19F3N2O5. The van der Waals surface area contributed by atoms with Crippen LogP contribution in [0.1, 0.15) is 12.8 Å². The van der Waals surface area contributed by atoms with Crippen molar-refractivity contribution in [3.8, 4) is 11.5 Å². The van der Waals surface area contributed by atoms with Crippen molar-refractivity contribution >= 4 is 17.7 Å². The first-order valence-electron chi connectivity index (χ1n) is 7.86. The number of hydrogen-bond donors (Lipinski definition) is 2. The van der Waals surface area contributed by atoms with Gasteiger partial charge in [-0.1, -0.05) is 0 Å². The third-order valence-corrected chi connectivity index (χ3v) is 3.86. The Morgan fingerprint density at radius 3 is 2.69 bits per heavy atom. The number of nitrogens with zero attached hydrogens (tertiary/aromatic N) is 1. The Balaban J connectivity index is 2.06. The molecule has 1 unspecified atom stereocenters. The summed E-state index contributed by atoms with van der Waals surface area (Å²) in [5.74, 6) is -1.66. The minimum Gasteiger partial charge on any atom is -0.493 e. The number of nitrogens with one attached hydrogen (secondary N) is 1. The number of amides is 2. The van der Waals surface area contributed by atoms with Gasteiger partial charge >= 0.3 is 18.2 Å². The molecule has 2 N–H and O–H groups in total. The first-order chi connectivity index (χ1) is 12.2. The molecule has 26 heavy (non-hydrogen) atoms. The second kappa shape index (κ2) is 8.15. The summed E-state index contributed by atoms with van der Waals surface area (Å²) in [4.78, 5) is 24.7. The normalized spacial score (nSPS) is 17.5. The summed E-state index contributed by atoms with van der Waals surface area (Å²) in [6, 6.07) is 3.52. The molecule has 10 heteroatoms. The summed E-state index contributed by atoms with van der Waals surface area (Å²) in [5, 5.41) is 11.6. The summed E-state index contributed by atoms with van der Waals surface area (Å²) in [7, 11) is 1.29. The third-order valence-electron chi connectivity index (χ3n) is 3.86. The number of halogens is 3. The van der Waals surface area contributed by atoms with Gasteiger partial charge in [-0.15, -0.1) is 0 Å². The monoisotopic (exact) mass is 376 g/mol. The fourth-order valence-electron chi connectivity index (χ4n) is 2.59. The van der Waals surface area contributed by atoms with Crippen LogP contribution in [0.5, 0.6) is 11.5 Å². The van der Waals surface area contributed by atoms with E-state index < -0.39 is 30.7 Å². The van der Waals surface area contributed by atoms with Gasteiger partial charge in [0, 0.05) is 24.8 Å². The predicted octanol–water partition coefficient (Wildman–Crippen LogP) is 2.96. The Morgan fingerprint density at radius 2 is 2.08 bits per heavy atom. The van der Waals surface area contributed by atoms with Gasteiger partial charge in [0.15, 0.2) is 18.1 Å². The quantitative estimate of drug-likeness (QED) is 0.825. The second-order valence-electron chi connectivity index (χ2n) is 5.82. The van der Waals surface area contributed by atoms with Crippen molar-refractivity contribution < 1.29 is 37.3 Å². The molecule has 0 aromatic heterocycles. The zero-order valence-corrected chi connectivity index (χ0v) is 14.0. The minimum atomic E-state index is -4.51. The molecule has 1 aromatic rings. The number of piperidine rings is 1. The van der Waals surface area contributed by atoms with Crippen LogP contribution in [0.2, 0.25) is 0 Å². The van der Waals surface area contributed by atoms with Gasteiger partial charge in [0.05, 0.1) is 13.0 Å². The summed E-state index contributed by atoms with van der Waals surface area (Å²) < 4.78 is 46.7. The van der Waals surface area contributed by atoms with Crippen molar-refractivity contribution in [2.45, 2.75) is 19.0 Å². The molecule has 144 valence electrons. The SMILES string of the molecule is COc1ccc(NC(=O)N2CCCC(C(=O)O)C2)cc1OCC(F)(F)F. The van der Waals surface area contributed by atoms with Crippen LogP contribution in [0.25, 0.3) is 0 Å². The Bertz CT molecular complexity index is 666. The van der Waals surface area contributed by atoms with Gasteiger partial charge in [-0.05, 0) is 25.0 Å². The third kappa shape index (κ3) is 5.43. The number of urea groups is 1. The first-order valence-corrected chi connectivity index (χ1v) is 7.86. The Kier molecular flexibility index (Phi) is 6.17. The summed E-state index contributed by atoms with van der Waals surface area (Å²) in [6.45, 7) is -1.01. The number of rotatable bonds is 5. The average Bonchev–Trinajstić information content (AvgIpc) is 2.59. The molecule has 0 radical (unpaired) electrons.